The molecule has 33 heavy (non-hydrogen) atoms. The Bertz CT molecular complexity index is 1200. The molecule has 1 unspecified atom stereocenters. The maximum absolute atomic E-state index is 2.67. The predicted molar refractivity (Wildman–Crippen MR) is 144 cm³/mol. The fourth-order valence-corrected chi connectivity index (χ4v) is 7.05. The Balaban J connectivity index is 1.70. The number of fused-ring (bicyclic) bond motifs is 3. The van der Waals surface area contributed by atoms with Gasteiger partial charge >= 0.3 is 0 Å². The third kappa shape index (κ3) is 4.35. The van der Waals surface area contributed by atoms with Crippen LogP contribution >= 0.6 is 11.3 Å². The summed E-state index contributed by atoms with van der Waals surface area (Å²) >= 11 is 1.96. The molecule has 1 atom stereocenters. The van der Waals surface area contributed by atoms with E-state index in [2.05, 4.69) is 93.0 Å². The number of allylic oxidation sites excluding steroid dienone is 2. The number of thiophene rings is 1. The molecule has 1 aromatic heterocycles. The molecule has 0 spiro atoms. The summed E-state index contributed by atoms with van der Waals surface area (Å²) in [5.74, 6) is 1.44. The van der Waals surface area contributed by atoms with E-state index in [1.165, 1.54) is 69.6 Å². The molecule has 0 saturated heterocycles. The smallest absolute Gasteiger partial charge is 0.195 e. The highest BCUT2D eigenvalue weighted by Crippen LogP contribution is 2.47. The van der Waals surface area contributed by atoms with Crippen molar-refractivity contribution in [1.82, 2.24) is 0 Å². The third-order valence-electron chi connectivity index (χ3n) is 7.79. The van der Waals surface area contributed by atoms with Gasteiger partial charge in [-0.15, -0.1) is 11.3 Å². The average molecular weight is 457 g/mol. The summed E-state index contributed by atoms with van der Waals surface area (Å²) in [6.45, 7) is 10.5. The van der Waals surface area contributed by atoms with Gasteiger partial charge in [-0.2, -0.15) is 4.58 Å². The van der Waals surface area contributed by atoms with Gasteiger partial charge in [0.2, 0.25) is 5.69 Å². The van der Waals surface area contributed by atoms with Crippen molar-refractivity contribution in [3.63, 3.8) is 0 Å². The SMILES string of the molecule is Cc1ccc(CC2(C)C(/C=C/C3CCCC3)=[N+](CCC(C)C)c3ccc4ccccc4c32)s1. The van der Waals surface area contributed by atoms with Gasteiger partial charge in [-0.05, 0) is 67.5 Å². The number of aryl methyl sites for hydroxylation is 1. The molecule has 0 amide bonds. The molecule has 2 aromatic carbocycles. The quantitative estimate of drug-likeness (QED) is 0.313. The molecular formula is C31H38NS+. The lowest BCUT2D eigenvalue weighted by Crippen LogP contribution is -2.34. The molecule has 3 aromatic rings. The van der Waals surface area contributed by atoms with E-state index in [9.17, 15) is 0 Å². The molecule has 2 heteroatoms. The first kappa shape index (κ1) is 22.6. The highest BCUT2D eigenvalue weighted by Gasteiger charge is 2.49. The van der Waals surface area contributed by atoms with E-state index in [0.717, 1.165) is 18.9 Å². The Kier molecular flexibility index (Phi) is 6.31. The normalized spacial score (nSPS) is 21.2. The van der Waals surface area contributed by atoms with Crippen molar-refractivity contribution in [2.24, 2.45) is 11.8 Å². The zero-order chi connectivity index (χ0) is 23.0. The zero-order valence-corrected chi connectivity index (χ0v) is 21.5. The van der Waals surface area contributed by atoms with E-state index in [-0.39, 0.29) is 5.41 Å². The summed E-state index contributed by atoms with van der Waals surface area (Å²) in [4.78, 5) is 2.90. The second-order valence-corrected chi connectivity index (χ2v) is 12.2. The second kappa shape index (κ2) is 9.22. The number of benzene rings is 2. The van der Waals surface area contributed by atoms with Crippen LogP contribution in [0.2, 0.25) is 0 Å². The summed E-state index contributed by atoms with van der Waals surface area (Å²) in [5.41, 5.74) is 4.43. The van der Waals surface area contributed by atoms with Crippen LogP contribution in [0.25, 0.3) is 10.8 Å². The van der Waals surface area contributed by atoms with Crippen molar-refractivity contribution in [3.05, 3.63) is 76.0 Å². The minimum atomic E-state index is -0.0282. The van der Waals surface area contributed by atoms with E-state index in [4.69, 9.17) is 0 Å². The van der Waals surface area contributed by atoms with Crippen LogP contribution in [0.3, 0.4) is 0 Å². The first-order valence-corrected chi connectivity index (χ1v) is 13.7. The van der Waals surface area contributed by atoms with Crippen LogP contribution in [-0.2, 0) is 11.8 Å². The molecule has 172 valence electrons. The summed E-state index contributed by atoms with van der Waals surface area (Å²) in [6, 6.07) is 18.4. The monoisotopic (exact) mass is 456 g/mol. The van der Waals surface area contributed by atoms with Gasteiger partial charge in [0.1, 0.15) is 6.54 Å². The van der Waals surface area contributed by atoms with Crippen molar-refractivity contribution >= 4 is 33.5 Å². The lowest BCUT2D eigenvalue weighted by molar-refractivity contribution is -0.439. The van der Waals surface area contributed by atoms with Gasteiger partial charge in [0.05, 0.1) is 5.41 Å². The first-order valence-electron chi connectivity index (χ1n) is 12.9. The molecule has 2 heterocycles. The van der Waals surface area contributed by atoms with Crippen LogP contribution in [0.4, 0.5) is 5.69 Å². The minimum Gasteiger partial charge on any atom is -0.195 e. The Hall–Kier alpha value is -2.19. The van der Waals surface area contributed by atoms with Crippen LogP contribution in [-0.4, -0.2) is 16.8 Å². The van der Waals surface area contributed by atoms with E-state index >= 15 is 0 Å². The largest absolute Gasteiger partial charge is 0.210 e. The van der Waals surface area contributed by atoms with Crippen molar-refractivity contribution in [1.29, 1.82) is 0 Å². The number of rotatable bonds is 7. The molecule has 1 fully saturated rings. The summed E-state index contributed by atoms with van der Waals surface area (Å²) in [5, 5.41) is 2.78. The van der Waals surface area contributed by atoms with E-state index in [1.54, 1.807) is 0 Å². The third-order valence-corrected chi connectivity index (χ3v) is 8.79. The first-order chi connectivity index (χ1) is 16.0. The molecule has 1 nitrogen and oxygen atoms in total. The molecule has 0 radical (unpaired) electrons. The van der Waals surface area contributed by atoms with Gasteiger partial charge in [0.25, 0.3) is 0 Å². The minimum absolute atomic E-state index is 0.0282. The average Bonchev–Trinajstić information content (AvgIpc) is 3.50. The van der Waals surface area contributed by atoms with Gasteiger partial charge in [0.15, 0.2) is 5.71 Å². The lowest BCUT2D eigenvalue weighted by Gasteiger charge is -2.23. The van der Waals surface area contributed by atoms with Crippen LogP contribution < -0.4 is 0 Å². The molecule has 1 saturated carbocycles. The van der Waals surface area contributed by atoms with E-state index in [0.29, 0.717) is 5.92 Å². The molecular weight excluding hydrogens is 418 g/mol. The van der Waals surface area contributed by atoms with Crippen LogP contribution in [0.15, 0.2) is 60.7 Å². The van der Waals surface area contributed by atoms with Gasteiger partial charge in [-0.25, -0.2) is 0 Å². The second-order valence-electron chi connectivity index (χ2n) is 10.8. The van der Waals surface area contributed by atoms with Gasteiger partial charge in [0, 0.05) is 40.3 Å². The Morgan fingerprint density at radius 3 is 2.58 bits per heavy atom. The van der Waals surface area contributed by atoms with Crippen molar-refractivity contribution in [3.8, 4) is 0 Å². The maximum atomic E-state index is 2.67. The fourth-order valence-electron chi connectivity index (χ4n) is 6.01. The number of nitrogens with zero attached hydrogens (tertiary/aromatic N) is 1. The highest BCUT2D eigenvalue weighted by atomic mass is 32.1. The Morgan fingerprint density at radius 1 is 1.06 bits per heavy atom. The summed E-state index contributed by atoms with van der Waals surface area (Å²) < 4.78 is 2.67. The van der Waals surface area contributed by atoms with Crippen LogP contribution in [0, 0.1) is 18.8 Å². The van der Waals surface area contributed by atoms with Gasteiger partial charge in [-0.3, -0.25) is 0 Å². The van der Waals surface area contributed by atoms with Crippen molar-refractivity contribution in [2.75, 3.05) is 6.54 Å². The van der Waals surface area contributed by atoms with Gasteiger partial charge < -0.3 is 0 Å². The molecule has 2 aliphatic rings. The van der Waals surface area contributed by atoms with Crippen LogP contribution in [0.5, 0.6) is 0 Å². The maximum Gasteiger partial charge on any atom is 0.210 e. The zero-order valence-electron chi connectivity index (χ0n) is 20.7. The molecule has 0 bridgehead atoms. The van der Waals surface area contributed by atoms with Gasteiger partial charge in [-0.1, -0.05) is 57.0 Å². The van der Waals surface area contributed by atoms with E-state index < -0.39 is 0 Å². The predicted octanol–water partition coefficient (Wildman–Crippen LogP) is 8.60. The van der Waals surface area contributed by atoms with Crippen molar-refractivity contribution in [2.45, 2.75) is 71.6 Å². The molecule has 1 aliphatic heterocycles. The number of hydrogen-bond donors (Lipinski definition) is 0. The summed E-state index contributed by atoms with van der Waals surface area (Å²) in [7, 11) is 0. The fraction of sp³-hybridized carbons (Fsp3) is 0.452. The number of hydrogen-bond acceptors (Lipinski definition) is 1. The van der Waals surface area contributed by atoms with E-state index in [1.807, 2.05) is 11.3 Å². The Labute approximate surface area is 203 Å². The van der Waals surface area contributed by atoms with Crippen molar-refractivity contribution < 1.29 is 4.58 Å². The summed E-state index contributed by atoms with van der Waals surface area (Å²) in [6.07, 6.45) is 12.8. The van der Waals surface area contributed by atoms with Crippen LogP contribution in [0.1, 0.15) is 68.2 Å². The Morgan fingerprint density at radius 2 is 1.85 bits per heavy atom. The molecule has 1 aliphatic carbocycles. The highest BCUT2D eigenvalue weighted by molar-refractivity contribution is 7.11. The molecule has 0 N–H and O–H groups in total. The topological polar surface area (TPSA) is 3.01 Å². The lowest BCUT2D eigenvalue weighted by atomic mass is 9.74. The standard InChI is InChI=1S/C31H38NS/c1-22(2)19-20-32-28-17-15-25-11-7-8-12-27(25)30(28)31(4,21-26-16-13-23(3)33-26)29(32)18-14-24-9-5-6-10-24/h7-8,11-18,22,24H,5-6,9-10,19-21H2,1-4H3/q+1/b18-14+. The molecule has 5 rings (SSSR count).